The topological polar surface area (TPSA) is 8.17 Å². The first-order valence-electron chi connectivity index (χ1n) is 18.5. The maximum atomic E-state index is 2.49. The van der Waals surface area contributed by atoms with Crippen molar-refractivity contribution < 1.29 is 0 Å². The SMILES string of the molecule is c1ccc(-c2ccc(-n3c4ccccc4c4ccc(N(c5ccccc5-c5ccccc5)c5c(-c6ccccc6)ccc6ccccc56)cc43)cc2)cc1. The van der Waals surface area contributed by atoms with Crippen molar-refractivity contribution in [1.82, 2.24) is 4.57 Å². The fourth-order valence-corrected chi connectivity index (χ4v) is 8.08. The Balaban J connectivity index is 1.27. The quantitative estimate of drug-likeness (QED) is 0.162. The molecular weight excluding hydrogens is 653 g/mol. The smallest absolute Gasteiger partial charge is 0.0618 e. The van der Waals surface area contributed by atoms with E-state index >= 15 is 0 Å². The van der Waals surface area contributed by atoms with Crippen LogP contribution in [0, 0.1) is 0 Å². The maximum absolute atomic E-state index is 2.49. The van der Waals surface area contributed by atoms with Gasteiger partial charge in [0.15, 0.2) is 0 Å². The summed E-state index contributed by atoms with van der Waals surface area (Å²) >= 11 is 0. The van der Waals surface area contributed by atoms with Crippen LogP contribution >= 0.6 is 0 Å². The highest BCUT2D eigenvalue weighted by atomic mass is 15.2. The Hall–Kier alpha value is -7.16. The fourth-order valence-electron chi connectivity index (χ4n) is 8.08. The van der Waals surface area contributed by atoms with Crippen LogP contribution in [-0.2, 0) is 0 Å². The number of nitrogens with zero attached hydrogens (tertiary/aromatic N) is 2. The predicted molar refractivity (Wildman–Crippen MR) is 229 cm³/mol. The first-order valence-corrected chi connectivity index (χ1v) is 18.5. The molecule has 0 saturated carbocycles. The molecule has 1 aromatic heterocycles. The zero-order valence-electron chi connectivity index (χ0n) is 29.7. The molecule has 0 N–H and O–H groups in total. The maximum Gasteiger partial charge on any atom is 0.0618 e. The lowest BCUT2D eigenvalue weighted by Gasteiger charge is -2.31. The Kier molecular flexibility index (Phi) is 7.85. The van der Waals surface area contributed by atoms with Crippen LogP contribution in [0.5, 0.6) is 0 Å². The lowest BCUT2D eigenvalue weighted by molar-refractivity contribution is 1.18. The molecule has 0 atom stereocenters. The highest BCUT2D eigenvalue weighted by Gasteiger charge is 2.24. The number of para-hydroxylation sites is 2. The normalized spacial score (nSPS) is 11.3. The third kappa shape index (κ3) is 5.44. The third-order valence-electron chi connectivity index (χ3n) is 10.6. The highest BCUT2D eigenvalue weighted by molar-refractivity contribution is 6.12. The standard InChI is InChI=1S/C52H36N2/c1-4-16-37(17-5-1)38-28-31-42(32-29-38)53-50-27-15-13-25-47(50)48-35-33-43(36-51(48)53)54(49-26-14-12-23-44(49)39-18-6-2-7-19-39)52-45-24-11-10-22-41(45)30-34-46(52)40-20-8-3-9-21-40/h1-36H. The lowest BCUT2D eigenvalue weighted by atomic mass is 9.95. The largest absolute Gasteiger partial charge is 0.309 e. The molecule has 1 heterocycles. The summed E-state index contributed by atoms with van der Waals surface area (Å²) in [5.74, 6) is 0. The number of aromatic nitrogens is 1. The summed E-state index contributed by atoms with van der Waals surface area (Å²) in [5.41, 5.74) is 13.9. The van der Waals surface area contributed by atoms with Gasteiger partial charge in [0.05, 0.1) is 22.4 Å². The molecular formula is C52H36N2. The van der Waals surface area contributed by atoms with E-state index in [1.165, 1.54) is 60.4 Å². The second kappa shape index (κ2) is 13.4. The molecule has 54 heavy (non-hydrogen) atoms. The van der Waals surface area contributed by atoms with Crippen molar-refractivity contribution in [1.29, 1.82) is 0 Å². The Morgan fingerprint density at radius 1 is 0.333 bits per heavy atom. The molecule has 0 amide bonds. The van der Waals surface area contributed by atoms with Gasteiger partial charge in [-0.2, -0.15) is 0 Å². The second-order valence-electron chi connectivity index (χ2n) is 13.7. The summed E-state index contributed by atoms with van der Waals surface area (Å²) in [6.07, 6.45) is 0. The van der Waals surface area contributed by atoms with E-state index in [2.05, 4.69) is 228 Å². The molecule has 0 bridgehead atoms. The van der Waals surface area contributed by atoms with E-state index in [1.807, 2.05) is 0 Å². The zero-order chi connectivity index (χ0) is 35.8. The molecule has 0 unspecified atom stereocenters. The molecule has 0 fully saturated rings. The first kappa shape index (κ1) is 31.6. The van der Waals surface area contributed by atoms with E-state index < -0.39 is 0 Å². The molecule has 0 saturated heterocycles. The van der Waals surface area contributed by atoms with Gasteiger partial charge < -0.3 is 9.47 Å². The Morgan fingerprint density at radius 2 is 0.889 bits per heavy atom. The minimum atomic E-state index is 1.09. The molecule has 2 heteroatoms. The number of rotatable bonds is 7. The van der Waals surface area contributed by atoms with Gasteiger partial charge in [0, 0.05) is 38.7 Å². The van der Waals surface area contributed by atoms with Gasteiger partial charge in [-0.15, -0.1) is 0 Å². The van der Waals surface area contributed by atoms with Crippen molar-refractivity contribution in [2.75, 3.05) is 4.90 Å². The van der Waals surface area contributed by atoms with Gasteiger partial charge in [-0.25, -0.2) is 0 Å². The minimum Gasteiger partial charge on any atom is -0.309 e. The lowest BCUT2D eigenvalue weighted by Crippen LogP contribution is -2.13. The monoisotopic (exact) mass is 688 g/mol. The van der Waals surface area contributed by atoms with E-state index in [-0.39, 0.29) is 0 Å². The van der Waals surface area contributed by atoms with Crippen LogP contribution in [0.2, 0.25) is 0 Å². The number of fused-ring (bicyclic) bond motifs is 4. The minimum absolute atomic E-state index is 1.09. The van der Waals surface area contributed by atoms with Crippen LogP contribution in [0.1, 0.15) is 0 Å². The molecule has 10 aromatic rings. The summed E-state index contributed by atoms with van der Waals surface area (Å²) < 4.78 is 2.42. The average molecular weight is 689 g/mol. The second-order valence-corrected chi connectivity index (χ2v) is 13.7. The van der Waals surface area contributed by atoms with Crippen LogP contribution in [0.25, 0.3) is 71.6 Å². The Morgan fingerprint density at radius 3 is 1.63 bits per heavy atom. The average Bonchev–Trinajstić information content (AvgIpc) is 3.58. The van der Waals surface area contributed by atoms with Crippen LogP contribution < -0.4 is 4.90 Å². The molecule has 10 rings (SSSR count). The van der Waals surface area contributed by atoms with Gasteiger partial charge in [-0.1, -0.05) is 182 Å². The number of hydrogen-bond acceptors (Lipinski definition) is 1. The van der Waals surface area contributed by atoms with Gasteiger partial charge in [-0.3, -0.25) is 0 Å². The molecule has 9 aromatic carbocycles. The van der Waals surface area contributed by atoms with E-state index in [0.717, 1.165) is 28.3 Å². The summed E-state index contributed by atoms with van der Waals surface area (Å²) in [6, 6.07) is 79.0. The van der Waals surface area contributed by atoms with Crippen molar-refractivity contribution in [2.24, 2.45) is 0 Å². The predicted octanol–water partition coefficient (Wildman–Crippen LogP) is 14.4. The van der Waals surface area contributed by atoms with Crippen LogP contribution in [0.4, 0.5) is 17.1 Å². The summed E-state index contributed by atoms with van der Waals surface area (Å²) in [4.78, 5) is 2.49. The number of hydrogen-bond donors (Lipinski definition) is 0. The van der Waals surface area contributed by atoms with Crippen molar-refractivity contribution >= 4 is 49.6 Å². The Bertz CT molecular complexity index is 2910. The van der Waals surface area contributed by atoms with Crippen molar-refractivity contribution in [3.8, 4) is 39.1 Å². The molecule has 0 aliphatic carbocycles. The van der Waals surface area contributed by atoms with Crippen LogP contribution in [0.15, 0.2) is 218 Å². The zero-order valence-corrected chi connectivity index (χ0v) is 29.7. The van der Waals surface area contributed by atoms with Crippen molar-refractivity contribution in [2.45, 2.75) is 0 Å². The van der Waals surface area contributed by atoms with Gasteiger partial charge in [-0.05, 0) is 64.0 Å². The first-order chi connectivity index (χ1) is 26.8. The summed E-state index contributed by atoms with van der Waals surface area (Å²) in [7, 11) is 0. The third-order valence-corrected chi connectivity index (χ3v) is 10.6. The molecule has 2 nitrogen and oxygen atoms in total. The molecule has 0 aliphatic rings. The fraction of sp³-hybridized carbons (Fsp3) is 0. The molecule has 0 spiro atoms. The van der Waals surface area contributed by atoms with E-state index in [1.54, 1.807) is 0 Å². The summed E-state index contributed by atoms with van der Waals surface area (Å²) in [5, 5.41) is 4.85. The number of anilines is 3. The van der Waals surface area contributed by atoms with Gasteiger partial charge in [0.2, 0.25) is 0 Å². The van der Waals surface area contributed by atoms with E-state index in [0.29, 0.717) is 0 Å². The summed E-state index contributed by atoms with van der Waals surface area (Å²) in [6.45, 7) is 0. The van der Waals surface area contributed by atoms with Gasteiger partial charge in [0.25, 0.3) is 0 Å². The van der Waals surface area contributed by atoms with Crippen molar-refractivity contribution in [3.63, 3.8) is 0 Å². The number of benzene rings is 9. The molecule has 254 valence electrons. The van der Waals surface area contributed by atoms with E-state index in [4.69, 9.17) is 0 Å². The van der Waals surface area contributed by atoms with Gasteiger partial charge >= 0.3 is 0 Å². The molecule has 0 radical (unpaired) electrons. The van der Waals surface area contributed by atoms with E-state index in [9.17, 15) is 0 Å². The highest BCUT2D eigenvalue weighted by Crippen LogP contribution is 2.49. The Labute approximate surface area is 315 Å². The van der Waals surface area contributed by atoms with Crippen LogP contribution in [0.3, 0.4) is 0 Å². The van der Waals surface area contributed by atoms with Crippen molar-refractivity contribution in [3.05, 3.63) is 218 Å². The molecule has 0 aliphatic heterocycles. The van der Waals surface area contributed by atoms with Crippen LogP contribution in [-0.4, -0.2) is 4.57 Å². The van der Waals surface area contributed by atoms with Gasteiger partial charge in [0.1, 0.15) is 0 Å².